The second-order valence-electron chi connectivity index (χ2n) is 9.30. The van der Waals surface area contributed by atoms with Crippen LogP contribution in [-0.2, 0) is 12.1 Å². The molecule has 1 fully saturated rings. The molecule has 0 N–H and O–H groups in total. The van der Waals surface area contributed by atoms with Crippen LogP contribution in [0.5, 0.6) is 0 Å². The second-order valence-corrected chi connectivity index (χ2v) is 9.66. The molecule has 0 unspecified atom stereocenters. The molecule has 0 atom stereocenters. The molecular weight excluding hydrogens is 402 g/mol. The minimum Gasteiger partial charge on any atom is -0.301 e. The molecule has 2 aromatic carbocycles. The lowest BCUT2D eigenvalue weighted by Gasteiger charge is -2.33. The van der Waals surface area contributed by atoms with Gasteiger partial charge in [0.15, 0.2) is 5.82 Å². The maximum absolute atomic E-state index is 5.92. The fourth-order valence-electron chi connectivity index (χ4n) is 4.05. The Hall–Kier alpha value is -2.28. The van der Waals surface area contributed by atoms with E-state index in [-0.39, 0.29) is 5.41 Å². The van der Waals surface area contributed by atoms with Crippen molar-refractivity contribution in [2.45, 2.75) is 39.8 Å². The van der Waals surface area contributed by atoms with Gasteiger partial charge in [0.1, 0.15) is 0 Å². The molecule has 2 heterocycles. The van der Waals surface area contributed by atoms with Crippen LogP contribution in [0, 0.1) is 4.77 Å². The molecule has 3 aromatic rings. The van der Waals surface area contributed by atoms with Gasteiger partial charge in [0.05, 0.1) is 6.67 Å². The minimum absolute atomic E-state index is 0.122. The monoisotopic (exact) mass is 435 g/mol. The van der Waals surface area contributed by atoms with E-state index in [1.807, 2.05) is 22.9 Å². The molecule has 1 aliphatic rings. The number of aromatic nitrogens is 3. The first-order chi connectivity index (χ1) is 14.9. The van der Waals surface area contributed by atoms with E-state index >= 15 is 0 Å². The van der Waals surface area contributed by atoms with Crippen molar-refractivity contribution in [3.8, 4) is 17.1 Å². The zero-order valence-electron chi connectivity index (χ0n) is 19.1. The van der Waals surface area contributed by atoms with Crippen LogP contribution >= 0.6 is 12.2 Å². The van der Waals surface area contributed by atoms with E-state index in [4.69, 9.17) is 17.3 Å². The smallest absolute Gasteiger partial charge is 0.204 e. The van der Waals surface area contributed by atoms with E-state index in [9.17, 15) is 0 Å². The standard InChI is InChI=1S/C25H33N5S/c1-5-27-15-17-28(18-16-27)19-29-24(31)30(22-9-7-6-8-10-22)23(26-29)20-11-13-21(14-12-20)25(2,3)4/h6-14H,5,15-19H2,1-4H3. The summed E-state index contributed by atoms with van der Waals surface area (Å²) in [6.07, 6.45) is 0. The molecule has 0 bridgehead atoms. The van der Waals surface area contributed by atoms with E-state index in [1.54, 1.807) is 0 Å². The first-order valence-corrected chi connectivity index (χ1v) is 11.6. The third-order valence-electron chi connectivity index (χ3n) is 6.11. The van der Waals surface area contributed by atoms with Gasteiger partial charge in [-0.1, -0.05) is 70.2 Å². The van der Waals surface area contributed by atoms with Crippen molar-refractivity contribution in [1.82, 2.24) is 24.1 Å². The van der Waals surface area contributed by atoms with E-state index in [0.717, 1.165) is 61.2 Å². The molecule has 31 heavy (non-hydrogen) atoms. The molecule has 6 heteroatoms. The van der Waals surface area contributed by atoms with Gasteiger partial charge >= 0.3 is 0 Å². The average Bonchev–Trinajstić information content (AvgIpc) is 3.10. The van der Waals surface area contributed by atoms with Gasteiger partial charge in [0, 0.05) is 37.4 Å². The van der Waals surface area contributed by atoms with Crippen molar-refractivity contribution in [2.75, 3.05) is 32.7 Å². The van der Waals surface area contributed by atoms with Crippen LogP contribution in [0.4, 0.5) is 0 Å². The summed E-state index contributed by atoms with van der Waals surface area (Å²) in [7, 11) is 0. The van der Waals surface area contributed by atoms with E-state index in [1.165, 1.54) is 5.56 Å². The Labute approximate surface area is 190 Å². The predicted molar refractivity (Wildman–Crippen MR) is 130 cm³/mol. The van der Waals surface area contributed by atoms with Gasteiger partial charge in [-0.3, -0.25) is 9.47 Å². The highest BCUT2D eigenvalue weighted by Crippen LogP contribution is 2.27. The van der Waals surface area contributed by atoms with Crippen LogP contribution in [0.1, 0.15) is 33.3 Å². The quantitative estimate of drug-likeness (QED) is 0.530. The lowest BCUT2D eigenvalue weighted by molar-refractivity contribution is 0.106. The minimum atomic E-state index is 0.122. The summed E-state index contributed by atoms with van der Waals surface area (Å²) in [4.78, 5) is 4.93. The summed E-state index contributed by atoms with van der Waals surface area (Å²) >= 11 is 5.92. The molecule has 4 rings (SSSR count). The zero-order chi connectivity index (χ0) is 22.0. The summed E-state index contributed by atoms with van der Waals surface area (Å²) in [5.41, 5.74) is 3.56. The number of piperazine rings is 1. The Bertz CT molecular complexity index is 1050. The number of hydrogen-bond acceptors (Lipinski definition) is 4. The fraction of sp³-hybridized carbons (Fsp3) is 0.440. The van der Waals surface area contributed by atoms with Crippen molar-refractivity contribution < 1.29 is 0 Å². The van der Waals surface area contributed by atoms with Gasteiger partial charge in [-0.2, -0.15) is 0 Å². The molecular formula is C25H33N5S. The molecule has 0 spiro atoms. The number of rotatable bonds is 5. The first-order valence-electron chi connectivity index (χ1n) is 11.2. The summed E-state index contributed by atoms with van der Waals surface area (Å²) in [5.74, 6) is 0.892. The summed E-state index contributed by atoms with van der Waals surface area (Å²) in [6, 6.07) is 19.1. The summed E-state index contributed by atoms with van der Waals surface area (Å²) in [5, 5.41) is 5.00. The molecule has 164 valence electrons. The normalized spacial score (nSPS) is 16.0. The number of likely N-dealkylation sites (N-methyl/N-ethyl adjacent to an activating group) is 1. The van der Waals surface area contributed by atoms with Crippen LogP contribution in [-0.4, -0.2) is 56.9 Å². The predicted octanol–water partition coefficient (Wildman–Crippen LogP) is 4.96. The SMILES string of the molecule is CCN1CCN(Cn2nc(-c3ccc(C(C)(C)C)cc3)n(-c3ccccc3)c2=S)CC1. The summed E-state index contributed by atoms with van der Waals surface area (Å²) in [6.45, 7) is 15.1. The van der Waals surface area contributed by atoms with Gasteiger partial charge in [-0.05, 0) is 41.9 Å². The Morgan fingerprint density at radius 1 is 0.871 bits per heavy atom. The van der Waals surface area contributed by atoms with Gasteiger partial charge in [-0.25, -0.2) is 4.68 Å². The third-order valence-corrected chi connectivity index (χ3v) is 6.50. The fourth-order valence-corrected chi connectivity index (χ4v) is 4.34. The van der Waals surface area contributed by atoms with Crippen molar-refractivity contribution in [1.29, 1.82) is 0 Å². The number of para-hydroxylation sites is 1. The first kappa shape index (κ1) is 21.9. The third kappa shape index (κ3) is 4.81. The lowest BCUT2D eigenvalue weighted by atomic mass is 9.87. The zero-order valence-corrected chi connectivity index (χ0v) is 19.9. The summed E-state index contributed by atoms with van der Waals surface area (Å²) < 4.78 is 4.82. The number of nitrogens with zero attached hydrogens (tertiary/aromatic N) is 5. The van der Waals surface area contributed by atoms with Crippen LogP contribution in [0.3, 0.4) is 0 Å². The molecule has 1 aliphatic heterocycles. The van der Waals surface area contributed by atoms with Crippen molar-refractivity contribution >= 4 is 12.2 Å². The molecule has 0 radical (unpaired) electrons. The van der Waals surface area contributed by atoms with Gasteiger partial charge in [0.25, 0.3) is 0 Å². The van der Waals surface area contributed by atoms with Crippen molar-refractivity contribution in [2.24, 2.45) is 0 Å². The van der Waals surface area contributed by atoms with Crippen LogP contribution < -0.4 is 0 Å². The Kier molecular flexibility index (Phi) is 6.42. The Morgan fingerprint density at radius 3 is 2.06 bits per heavy atom. The lowest BCUT2D eigenvalue weighted by Crippen LogP contribution is -2.46. The molecule has 0 aliphatic carbocycles. The van der Waals surface area contributed by atoms with E-state index in [0.29, 0.717) is 0 Å². The Balaban J connectivity index is 1.70. The topological polar surface area (TPSA) is 29.2 Å². The van der Waals surface area contributed by atoms with Crippen LogP contribution in [0.25, 0.3) is 17.1 Å². The number of hydrogen-bond donors (Lipinski definition) is 0. The Morgan fingerprint density at radius 2 is 1.48 bits per heavy atom. The van der Waals surface area contributed by atoms with Gasteiger partial charge < -0.3 is 4.90 Å². The maximum atomic E-state index is 5.92. The van der Waals surface area contributed by atoms with E-state index in [2.05, 4.69) is 78.5 Å². The highest BCUT2D eigenvalue weighted by molar-refractivity contribution is 7.71. The van der Waals surface area contributed by atoms with Crippen molar-refractivity contribution in [3.05, 3.63) is 64.9 Å². The molecule has 0 amide bonds. The maximum Gasteiger partial charge on any atom is 0.204 e. The van der Waals surface area contributed by atoms with Crippen LogP contribution in [0.2, 0.25) is 0 Å². The second kappa shape index (κ2) is 9.07. The highest BCUT2D eigenvalue weighted by Gasteiger charge is 2.20. The highest BCUT2D eigenvalue weighted by atomic mass is 32.1. The van der Waals surface area contributed by atoms with Crippen molar-refractivity contribution in [3.63, 3.8) is 0 Å². The molecule has 1 aromatic heterocycles. The van der Waals surface area contributed by atoms with Gasteiger partial charge in [-0.15, -0.1) is 5.10 Å². The largest absolute Gasteiger partial charge is 0.301 e. The molecule has 1 saturated heterocycles. The number of benzene rings is 2. The van der Waals surface area contributed by atoms with Crippen LogP contribution in [0.15, 0.2) is 54.6 Å². The average molecular weight is 436 g/mol. The van der Waals surface area contributed by atoms with Gasteiger partial charge in [0.2, 0.25) is 4.77 Å². The molecule has 5 nitrogen and oxygen atoms in total. The van der Waals surface area contributed by atoms with E-state index < -0.39 is 0 Å². The molecule has 0 saturated carbocycles.